The van der Waals surface area contributed by atoms with Crippen LogP contribution >= 0.6 is 12.2 Å². The van der Waals surface area contributed by atoms with E-state index in [1.165, 1.54) is 27.2 Å². The number of rotatable bonds is 5. The first-order chi connectivity index (χ1) is 10.4. The number of nitrogens with zero attached hydrogens (tertiary/aromatic N) is 1. The van der Waals surface area contributed by atoms with Crippen LogP contribution in [0.3, 0.4) is 0 Å². The van der Waals surface area contributed by atoms with E-state index < -0.39 is 11.9 Å². The lowest BCUT2D eigenvalue weighted by atomic mass is 10.1. The summed E-state index contributed by atoms with van der Waals surface area (Å²) in [6, 6.07) is 4.74. The molecule has 1 aromatic rings. The maximum absolute atomic E-state index is 11.8. The number of ether oxygens (including phenoxy) is 3. The quantitative estimate of drug-likeness (QED) is 0.205. The highest BCUT2D eigenvalue weighted by Gasteiger charge is 2.19. The van der Waals surface area contributed by atoms with Crippen LogP contribution in [0.4, 0.5) is 5.69 Å². The summed E-state index contributed by atoms with van der Waals surface area (Å²) >= 11 is 5.01. The Morgan fingerprint density at radius 3 is 2.59 bits per heavy atom. The maximum atomic E-state index is 11.8. The lowest BCUT2D eigenvalue weighted by Gasteiger charge is -2.19. The third-order valence-electron chi connectivity index (χ3n) is 2.54. The molecule has 120 valence electrons. The highest BCUT2D eigenvalue weighted by atomic mass is 32.1. The van der Waals surface area contributed by atoms with Gasteiger partial charge in [-0.2, -0.15) is 0 Å². The lowest BCUT2D eigenvalue weighted by Crippen LogP contribution is -2.43. The molecule has 1 rings (SSSR count). The summed E-state index contributed by atoms with van der Waals surface area (Å²) in [5.74, 6) is 4.65. The fraction of sp³-hybridized carbons (Fsp3) is 0.308. The van der Waals surface area contributed by atoms with Crippen molar-refractivity contribution in [3.8, 4) is 5.75 Å². The third kappa shape index (κ3) is 4.38. The Kier molecular flexibility index (Phi) is 6.70. The number of hydrazine groups is 1. The number of carbonyl (C=O) groups is 2. The number of benzene rings is 1. The van der Waals surface area contributed by atoms with Crippen LogP contribution in [0.1, 0.15) is 17.3 Å². The molecule has 0 aromatic heterocycles. The van der Waals surface area contributed by atoms with Gasteiger partial charge in [0.15, 0.2) is 17.7 Å². The van der Waals surface area contributed by atoms with Gasteiger partial charge in [0.1, 0.15) is 5.56 Å². The number of amides is 1. The molecule has 0 atom stereocenters. The van der Waals surface area contributed by atoms with Gasteiger partial charge in [0.25, 0.3) is 0 Å². The van der Waals surface area contributed by atoms with Crippen molar-refractivity contribution in [3.63, 3.8) is 0 Å². The van der Waals surface area contributed by atoms with Crippen LogP contribution in [0.15, 0.2) is 18.2 Å². The number of methoxy groups -OCH3 is 2. The largest absolute Gasteiger partial charge is 0.465 e. The standard InChI is InChI=1S/C13H17N3O5S/c1-8(17)16(14)13(22)15-10-6-4-5-9(12(18)20-3)11(10)21-7-19-2/h4-6H,7,14H2,1-3H3,(H,15,22). The zero-order chi connectivity index (χ0) is 16.7. The van der Waals surface area contributed by atoms with Crippen molar-refractivity contribution < 1.29 is 23.8 Å². The SMILES string of the molecule is COCOc1c(NC(=S)N(N)C(C)=O)cccc1C(=O)OC. The highest BCUT2D eigenvalue weighted by molar-refractivity contribution is 7.80. The van der Waals surface area contributed by atoms with Crippen molar-refractivity contribution in [2.75, 3.05) is 26.3 Å². The molecule has 0 aliphatic carbocycles. The Bertz CT molecular complexity index is 579. The number of nitrogens with two attached hydrogens (primary N) is 1. The summed E-state index contributed by atoms with van der Waals surface area (Å²) in [6.07, 6.45) is 0. The van der Waals surface area contributed by atoms with E-state index in [9.17, 15) is 9.59 Å². The number of thiocarbonyl (C=S) groups is 1. The fourth-order valence-corrected chi connectivity index (χ4v) is 1.74. The van der Waals surface area contributed by atoms with Crippen LogP contribution in [-0.2, 0) is 14.3 Å². The van der Waals surface area contributed by atoms with Gasteiger partial charge in [-0.15, -0.1) is 0 Å². The van der Waals surface area contributed by atoms with Gasteiger partial charge in [0, 0.05) is 14.0 Å². The van der Waals surface area contributed by atoms with Gasteiger partial charge in [-0.25, -0.2) is 15.6 Å². The minimum atomic E-state index is -0.586. The first kappa shape index (κ1) is 17.8. The van der Waals surface area contributed by atoms with E-state index in [-0.39, 0.29) is 23.2 Å². The van der Waals surface area contributed by atoms with Gasteiger partial charge in [-0.3, -0.25) is 4.79 Å². The second kappa shape index (κ2) is 8.27. The molecule has 0 aliphatic rings. The molecule has 0 aliphatic heterocycles. The van der Waals surface area contributed by atoms with E-state index in [0.29, 0.717) is 5.69 Å². The molecular formula is C13H17N3O5S. The number of anilines is 1. The van der Waals surface area contributed by atoms with Crippen molar-refractivity contribution in [2.45, 2.75) is 6.92 Å². The second-order valence-electron chi connectivity index (χ2n) is 4.04. The minimum Gasteiger partial charge on any atom is -0.465 e. The third-order valence-corrected chi connectivity index (χ3v) is 2.84. The number of para-hydroxylation sites is 1. The van der Waals surface area contributed by atoms with Crippen molar-refractivity contribution >= 4 is 34.9 Å². The fourth-order valence-electron chi connectivity index (χ4n) is 1.50. The van der Waals surface area contributed by atoms with Crippen LogP contribution in [0, 0.1) is 0 Å². The number of nitrogens with one attached hydrogen (secondary N) is 1. The number of hydrogen-bond donors (Lipinski definition) is 2. The van der Waals surface area contributed by atoms with Crippen molar-refractivity contribution in [1.82, 2.24) is 5.01 Å². The normalized spacial score (nSPS) is 9.82. The van der Waals surface area contributed by atoms with Crippen LogP contribution in [-0.4, -0.2) is 43.0 Å². The molecule has 0 radical (unpaired) electrons. The molecule has 1 aromatic carbocycles. The molecule has 0 saturated carbocycles. The Morgan fingerprint density at radius 1 is 1.36 bits per heavy atom. The summed E-state index contributed by atoms with van der Waals surface area (Å²) in [5, 5.41) is 3.46. The van der Waals surface area contributed by atoms with Crippen LogP contribution in [0.2, 0.25) is 0 Å². The van der Waals surface area contributed by atoms with Crippen molar-refractivity contribution in [3.05, 3.63) is 23.8 Å². The van der Waals surface area contributed by atoms with E-state index in [1.54, 1.807) is 12.1 Å². The molecule has 0 heterocycles. The smallest absolute Gasteiger partial charge is 0.341 e. The average molecular weight is 327 g/mol. The van der Waals surface area contributed by atoms with E-state index in [4.69, 9.17) is 32.3 Å². The van der Waals surface area contributed by atoms with Crippen LogP contribution in [0.5, 0.6) is 5.75 Å². The van der Waals surface area contributed by atoms with E-state index in [1.807, 2.05) is 0 Å². The molecule has 0 fully saturated rings. The molecule has 9 heteroatoms. The molecule has 0 bridgehead atoms. The summed E-state index contributed by atoms with van der Waals surface area (Å²) in [4.78, 5) is 23.0. The predicted molar refractivity (Wildman–Crippen MR) is 83.2 cm³/mol. The predicted octanol–water partition coefficient (Wildman–Crippen LogP) is 0.875. The Labute approximate surface area is 133 Å². The molecule has 0 saturated heterocycles. The van der Waals surface area contributed by atoms with E-state index in [2.05, 4.69) is 5.32 Å². The summed E-state index contributed by atoms with van der Waals surface area (Å²) in [5.41, 5.74) is 0.528. The summed E-state index contributed by atoms with van der Waals surface area (Å²) in [7, 11) is 2.69. The molecule has 22 heavy (non-hydrogen) atoms. The summed E-state index contributed by atoms with van der Waals surface area (Å²) in [6.45, 7) is 1.18. The highest BCUT2D eigenvalue weighted by Crippen LogP contribution is 2.30. The van der Waals surface area contributed by atoms with Gasteiger partial charge in [-0.05, 0) is 24.4 Å². The van der Waals surface area contributed by atoms with Crippen LogP contribution < -0.4 is 15.9 Å². The van der Waals surface area contributed by atoms with Gasteiger partial charge < -0.3 is 19.5 Å². The van der Waals surface area contributed by atoms with Gasteiger partial charge >= 0.3 is 5.97 Å². The van der Waals surface area contributed by atoms with Gasteiger partial charge in [-0.1, -0.05) is 6.07 Å². The van der Waals surface area contributed by atoms with Crippen molar-refractivity contribution in [2.24, 2.45) is 5.84 Å². The Morgan fingerprint density at radius 2 is 2.05 bits per heavy atom. The van der Waals surface area contributed by atoms with Gasteiger partial charge in [0.05, 0.1) is 12.8 Å². The minimum absolute atomic E-state index is 0.0446. The molecule has 0 spiro atoms. The topological polar surface area (TPSA) is 103 Å². The molecule has 1 amide bonds. The summed E-state index contributed by atoms with van der Waals surface area (Å²) < 4.78 is 14.9. The zero-order valence-electron chi connectivity index (χ0n) is 12.4. The van der Waals surface area contributed by atoms with Crippen LogP contribution in [0.25, 0.3) is 0 Å². The zero-order valence-corrected chi connectivity index (χ0v) is 13.2. The number of esters is 1. The molecule has 0 unspecified atom stereocenters. The average Bonchev–Trinajstić information content (AvgIpc) is 2.51. The molecule has 8 nitrogen and oxygen atoms in total. The molecular weight excluding hydrogens is 310 g/mol. The van der Waals surface area contributed by atoms with Gasteiger partial charge in [0.2, 0.25) is 5.91 Å². The second-order valence-corrected chi connectivity index (χ2v) is 4.43. The van der Waals surface area contributed by atoms with E-state index >= 15 is 0 Å². The maximum Gasteiger partial charge on any atom is 0.341 e. The lowest BCUT2D eigenvalue weighted by molar-refractivity contribution is -0.125. The Balaban J connectivity index is 3.14. The van der Waals surface area contributed by atoms with Crippen molar-refractivity contribution in [1.29, 1.82) is 0 Å². The number of carbonyl (C=O) groups excluding carboxylic acids is 2. The Hall–Kier alpha value is -2.23. The monoisotopic (exact) mass is 327 g/mol. The molecule has 3 N–H and O–H groups in total. The first-order valence-electron chi connectivity index (χ1n) is 6.11. The number of hydrogen-bond acceptors (Lipinski definition) is 7. The first-order valence-corrected chi connectivity index (χ1v) is 6.52. The van der Waals surface area contributed by atoms with E-state index in [0.717, 1.165) is 5.01 Å².